The van der Waals surface area contributed by atoms with Crippen LogP contribution in [-0.2, 0) is 0 Å². The minimum absolute atomic E-state index is 0.137. The van der Waals surface area contributed by atoms with Crippen molar-refractivity contribution in [2.75, 3.05) is 11.9 Å². The van der Waals surface area contributed by atoms with Crippen LogP contribution < -0.4 is 10.5 Å². The lowest BCUT2D eigenvalue weighted by atomic mass is 10.1. The van der Waals surface area contributed by atoms with E-state index in [1.54, 1.807) is 25.2 Å². The molecule has 0 atom stereocenters. The van der Waals surface area contributed by atoms with Gasteiger partial charge in [-0.3, -0.25) is 9.78 Å². The Kier molecular flexibility index (Phi) is 3.65. The number of carbonyl (C=O) groups is 1. The van der Waals surface area contributed by atoms with Gasteiger partial charge in [-0.15, -0.1) is 0 Å². The Hall–Kier alpha value is -3.02. The van der Waals surface area contributed by atoms with E-state index in [0.29, 0.717) is 11.3 Å². The summed E-state index contributed by atoms with van der Waals surface area (Å²) in [6.07, 6.45) is 2.33. The van der Waals surface area contributed by atoms with Crippen molar-refractivity contribution in [2.45, 2.75) is 6.92 Å². The molecule has 0 saturated heterocycles. The predicted molar refractivity (Wildman–Crippen MR) is 84.1 cm³/mol. The highest BCUT2D eigenvalue weighted by molar-refractivity contribution is 6.06. The lowest BCUT2D eigenvalue weighted by molar-refractivity contribution is 0.0992. The number of fused-ring (bicyclic) bond motifs is 1. The first kappa shape index (κ1) is 14.9. The number of rotatable bonds is 2. The average molecular weight is 312 g/mol. The number of hydrogen-bond donors (Lipinski definition) is 0. The van der Waals surface area contributed by atoms with Crippen LogP contribution in [0.1, 0.15) is 15.9 Å². The molecule has 0 bridgehead atoms. The highest BCUT2D eigenvalue weighted by Crippen LogP contribution is 2.23. The van der Waals surface area contributed by atoms with Gasteiger partial charge in [-0.1, -0.05) is 0 Å². The molecule has 0 fully saturated rings. The van der Waals surface area contributed by atoms with Crippen molar-refractivity contribution in [3.8, 4) is 0 Å². The Balaban J connectivity index is 2.02. The summed E-state index contributed by atoms with van der Waals surface area (Å²) in [5.41, 5.74) is 1.41. The van der Waals surface area contributed by atoms with E-state index in [1.807, 2.05) is 6.92 Å². The quantitative estimate of drug-likeness (QED) is 0.683. The molecule has 0 aliphatic heterocycles. The monoisotopic (exact) mass is 312 g/mol. The summed E-state index contributed by atoms with van der Waals surface area (Å²) in [5, 5.41) is 0.793. The Morgan fingerprint density at radius 1 is 1.22 bits per heavy atom. The van der Waals surface area contributed by atoms with Crippen LogP contribution in [0.3, 0.4) is 0 Å². The molecule has 3 rings (SSSR count). The third-order valence-electron chi connectivity index (χ3n) is 3.58. The number of aromatic nitrogens is 1. The van der Waals surface area contributed by atoms with Gasteiger partial charge in [0.1, 0.15) is 11.4 Å². The molecule has 0 spiro atoms. The fraction of sp³-hybridized carbons (Fsp3) is 0.118. The molecule has 3 aromatic rings. The van der Waals surface area contributed by atoms with Crippen molar-refractivity contribution >= 4 is 22.6 Å². The highest BCUT2D eigenvalue weighted by atomic mass is 19.1. The molecule has 1 amide bonds. The molecule has 2 heterocycles. The summed E-state index contributed by atoms with van der Waals surface area (Å²) in [5.74, 6) is -0.990. The van der Waals surface area contributed by atoms with E-state index in [2.05, 4.69) is 4.98 Å². The van der Waals surface area contributed by atoms with Gasteiger partial charge in [-0.05, 0) is 30.7 Å². The normalized spacial score (nSPS) is 10.7. The number of pyridine rings is 1. The minimum atomic E-state index is -0.579. The first-order chi connectivity index (χ1) is 11.0. The van der Waals surface area contributed by atoms with Crippen molar-refractivity contribution in [3.63, 3.8) is 0 Å². The summed E-state index contributed by atoms with van der Waals surface area (Å²) in [4.78, 5) is 28.9. The number of nitrogens with zero attached hydrogens (tertiary/aromatic N) is 2. The van der Waals surface area contributed by atoms with E-state index in [1.165, 1.54) is 17.2 Å². The number of hydrogen-bond acceptors (Lipinski definition) is 4. The minimum Gasteiger partial charge on any atom is -0.423 e. The molecule has 0 aliphatic rings. The van der Waals surface area contributed by atoms with E-state index < -0.39 is 17.3 Å². The third kappa shape index (κ3) is 2.83. The maximum Gasteiger partial charge on any atom is 0.336 e. The topological polar surface area (TPSA) is 63.4 Å². The number of amides is 1. The summed E-state index contributed by atoms with van der Waals surface area (Å²) in [6, 6.07) is 7.65. The largest absolute Gasteiger partial charge is 0.423 e. The van der Waals surface area contributed by atoms with Gasteiger partial charge >= 0.3 is 5.63 Å². The molecule has 2 aromatic heterocycles. The fourth-order valence-corrected chi connectivity index (χ4v) is 2.36. The van der Waals surface area contributed by atoms with Crippen molar-refractivity contribution < 1.29 is 13.6 Å². The number of carbonyl (C=O) groups excluding carboxylic acids is 1. The van der Waals surface area contributed by atoms with Gasteiger partial charge in [-0.2, -0.15) is 0 Å². The van der Waals surface area contributed by atoms with E-state index in [9.17, 15) is 14.0 Å². The molecule has 0 radical (unpaired) electrons. The molecule has 0 unspecified atom stereocenters. The van der Waals surface area contributed by atoms with Crippen LogP contribution in [0.4, 0.5) is 10.1 Å². The van der Waals surface area contributed by atoms with Crippen molar-refractivity contribution in [1.29, 1.82) is 0 Å². The standard InChI is InChI=1S/C17H13FN2O3/c1-10-5-16(21)23-15-7-13(3-4-14(10)15)20(2)17(22)11-6-12(18)9-19-8-11/h3-9H,1-2H3. The highest BCUT2D eigenvalue weighted by Gasteiger charge is 2.15. The summed E-state index contributed by atoms with van der Waals surface area (Å²) in [7, 11) is 1.56. The van der Waals surface area contributed by atoms with Crippen LogP contribution in [0.2, 0.25) is 0 Å². The van der Waals surface area contributed by atoms with E-state index >= 15 is 0 Å². The average Bonchev–Trinajstić information content (AvgIpc) is 2.52. The second kappa shape index (κ2) is 5.64. The zero-order chi connectivity index (χ0) is 16.6. The molecule has 23 heavy (non-hydrogen) atoms. The van der Waals surface area contributed by atoms with Gasteiger partial charge in [-0.25, -0.2) is 9.18 Å². The van der Waals surface area contributed by atoms with Crippen LogP contribution in [0.5, 0.6) is 0 Å². The first-order valence-corrected chi connectivity index (χ1v) is 6.89. The molecule has 1 aromatic carbocycles. The Morgan fingerprint density at radius 2 is 2.00 bits per heavy atom. The second-order valence-electron chi connectivity index (χ2n) is 5.18. The van der Waals surface area contributed by atoms with Gasteiger partial charge in [0.15, 0.2) is 0 Å². The van der Waals surface area contributed by atoms with Crippen LogP contribution >= 0.6 is 0 Å². The SMILES string of the molecule is Cc1cc(=O)oc2cc(N(C)C(=O)c3cncc(F)c3)ccc12. The molecule has 6 heteroatoms. The molecular weight excluding hydrogens is 299 g/mol. The Morgan fingerprint density at radius 3 is 2.74 bits per heavy atom. The maximum absolute atomic E-state index is 13.2. The van der Waals surface area contributed by atoms with E-state index in [4.69, 9.17) is 4.42 Å². The zero-order valence-corrected chi connectivity index (χ0v) is 12.5. The lowest BCUT2D eigenvalue weighted by Crippen LogP contribution is -2.26. The molecule has 116 valence electrons. The summed E-state index contributed by atoms with van der Waals surface area (Å²) in [6.45, 7) is 1.81. The second-order valence-corrected chi connectivity index (χ2v) is 5.18. The summed E-state index contributed by atoms with van der Waals surface area (Å²) < 4.78 is 18.4. The van der Waals surface area contributed by atoms with E-state index in [0.717, 1.165) is 23.2 Å². The molecular formula is C17H13FN2O3. The van der Waals surface area contributed by atoms with Crippen molar-refractivity contribution in [3.05, 3.63) is 70.1 Å². The van der Waals surface area contributed by atoms with Crippen LogP contribution in [-0.4, -0.2) is 17.9 Å². The van der Waals surface area contributed by atoms with Crippen molar-refractivity contribution in [2.24, 2.45) is 0 Å². The van der Waals surface area contributed by atoms with Gasteiger partial charge < -0.3 is 9.32 Å². The van der Waals surface area contributed by atoms with Crippen LogP contribution in [0.25, 0.3) is 11.0 Å². The van der Waals surface area contributed by atoms with Crippen LogP contribution in [0, 0.1) is 12.7 Å². The number of anilines is 1. The third-order valence-corrected chi connectivity index (χ3v) is 3.58. The molecule has 0 aliphatic carbocycles. The fourth-order valence-electron chi connectivity index (χ4n) is 2.36. The van der Waals surface area contributed by atoms with Gasteiger partial charge in [0.25, 0.3) is 5.91 Å². The van der Waals surface area contributed by atoms with Crippen LogP contribution in [0.15, 0.2) is 51.9 Å². The zero-order valence-electron chi connectivity index (χ0n) is 12.5. The smallest absolute Gasteiger partial charge is 0.336 e. The Labute approximate surface area is 131 Å². The Bertz CT molecular complexity index is 965. The first-order valence-electron chi connectivity index (χ1n) is 6.89. The van der Waals surface area contributed by atoms with Gasteiger partial charge in [0, 0.05) is 36.5 Å². The molecule has 0 saturated carbocycles. The lowest BCUT2D eigenvalue weighted by Gasteiger charge is -2.17. The van der Waals surface area contributed by atoms with Crippen molar-refractivity contribution in [1.82, 2.24) is 4.98 Å². The molecule has 0 N–H and O–H groups in total. The van der Waals surface area contributed by atoms with E-state index in [-0.39, 0.29) is 5.56 Å². The predicted octanol–water partition coefficient (Wildman–Crippen LogP) is 2.91. The number of benzene rings is 1. The number of halogens is 1. The number of aryl methyl sites for hydroxylation is 1. The molecule has 5 nitrogen and oxygen atoms in total. The van der Waals surface area contributed by atoms with Gasteiger partial charge in [0.2, 0.25) is 0 Å². The van der Waals surface area contributed by atoms with Gasteiger partial charge in [0.05, 0.1) is 11.8 Å². The summed E-state index contributed by atoms with van der Waals surface area (Å²) >= 11 is 0. The maximum atomic E-state index is 13.2.